The van der Waals surface area contributed by atoms with Gasteiger partial charge in [-0.15, -0.1) is 0 Å². The number of nitrogens with zero attached hydrogens (tertiary/aromatic N) is 4. The van der Waals surface area contributed by atoms with Crippen molar-refractivity contribution in [1.29, 1.82) is 0 Å². The van der Waals surface area contributed by atoms with Crippen LogP contribution in [0.1, 0.15) is 35.6 Å². The summed E-state index contributed by atoms with van der Waals surface area (Å²) in [6.45, 7) is 5.37. The summed E-state index contributed by atoms with van der Waals surface area (Å²) in [5, 5.41) is 9.02. The Hall–Kier alpha value is -3.61. The van der Waals surface area contributed by atoms with Crippen molar-refractivity contribution >= 4 is 0 Å². The van der Waals surface area contributed by atoms with E-state index in [1.165, 1.54) is 16.7 Å². The van der Waals surface area contributed by atoms with Crippen molar-refractivity contribution in [3.8, 4) is 28.3 Å². The van der Waals surface area contributed by atoms with Gasteiger partial charge < -0.3 is 9.84 Å². The van der Waals surface area contributed by atoms with Crippen LogP contribution in [0.2, 0.25) is 0 Å². The molecule has 6 nitrogen and oxygen atoms in total. The molecule has 0 saturated carbocycles. The minimum atomic E-state index is 0.0220. The molecule has 36 heavy (non-hydrogen) atoms. The van der Waals surface area contributed by atoms with E-state index in [0.717, 1.165) is 60.9 Å². The summed E-state index contributed by atoms with van der Waals surface area (Å²) in [7, 11) is 0. The lowest BCUT2D eigenvalue weighted by molar-refractivity contribution is 0.198. The number of aromatic nitrogens is 3. The molecule has 1 aliphatic heterocycles. The number of aryl methyl sites for hydroxylation is 1. The van der Waals surface area contributed by atoms with Crippen LogP contribution in [0.15, 0.2) is 79.3 Å². The largest absolute Gasteiger partial charge is 0.491 e. The summed E-state index contributed by atoms with van der Waals surface area (Å²) in [4.78, 5) is 16.5. The lowest BCUT2D eigenvalue weighted by Gasteiger charge is -2.32. The van der Waals surface area contributed by atoms with Gasteiger partial charge in [0.2, 0.25) is 0 Å². The fraction of sp³-hybridized carbons (Fsp3) is 0.300. The van der Waals surface area contributed by atoms with Crippen LogP contribution in [0.3, 0.4) is 0 Å². The van der Waals surface area contributed by atoms with Gasteiger partial charge in [-0.2, -0.15) is 0 Å². The molecule has 6 heteroatoms. The first-order valence-electron chi connectivity index (χ1n) is 12.6. The van der Waals surface area contributed by atoms with Gasteiger partial charge in [0.25, 0.3) is 0 Å². The highest BCUT2D eigenvalue weighted by Gasteiger charge is 2.25. The maximum absolute atomic E-state index is 9.02. The topological polar surface area (TPSA) is 71.4 Å². The fourth-order valence-corrected chi connectivity index (χ4v) is 4.90. The molecule has 3 heterocycles. The molecular formula is C30H32N4O2. The molecule has 0 radical (unpaired) electrons. The Morgan fingerprint density at radius 3 is 2.56 bits per heavy atom. The second kappa shape index (κ2) is 11.4. The van der Waals surface area contributed by atoms with Crippen LogP contribution in [0.4, 0.5) is 0 Å². The van der Waals surface area contributed by atoms with Crippen LogP contribution < -0.4 is 4.74 Å². The molecule has 0 bridgehead atoms. The zero-order valence-corrected chi connectivity index (χ0v) is 20.7. The number of pyridine rings is 1. The number of rotatable bonds is 8. The van der Waals surface area contributed by atoms with Gasteiger partial charge in [0.05, 0.1) is 12.3 Å². The van der Waals surface area contributed by atoms with E-state index in [2.05, 4.69) is 53.2 Å². The van der Waals surface area contributed by atoms with Crippen LogP contribution in [0.25, 0.3) is 22.5 Å². The molecule has 0 aliphatic carbocycles. The van der Waals surface area contributed by atoms with Crippen molar-refractivity contribution < 1.29 is 9.84 Å². The van der Waals surface area contributed by atoms with Crippen molar-refractivity contribution in [2.75, 3.05) is 26.3 Å². The molecule has 0 unspecified atom stereocenters. The molecule has 0 amide bonds. The molecule has 0 atom stereocenters. The summed E-state index contributed by atoms with van der Waals surface area (Å²) >= 11 is 0. The molecule has 2 aromatic heterocycles. The van der Waals surface area contributed by atoms with Crippen molar-refractivity contribution in [3.63, 3.8) is 0 Å². The predicted molar refractivity (Wildman–Crippen MR) is 142 cm³/mol. The molecule has 184 valence electrons. The van der Waals surface area contributed by atoms with E-state index in [0.29, 0.717) is 12.5 Å². The highest BCUT2D eigenvalue weighted by molar-refractivity contribution is 5.68. The van der Waals surface area contributed by atoms with Gasteiger partial charge in [-0.1, -0.05) is 42.0 Å². The van der Waals surface area contributed by atoms with E-state index < -0.39 is 0 Å². The molecule has 1 N–H and O–H groups in total. The first-order valence-corrected chi connectivity index (χ1v) is 12.6. The van der Waals surface area contributed by atoms with E-state index in [1.54, 1.807) is 12.4 Å². The number of hydrogen-bond donors (Lipinski definition) is 1. The number of hydrogen-bond acceptors (Lipinski definition) is 6. The van der Waals surface area contributed by atoms with Gasteiger partial charge >= 0.3 is 0 Å². The Labute approximate surface area is 212 Å². The smallest absolute Gasteiger partial charge is 0.159 e. The first-order chi connectivity index (χ1) is 17.7. The third-order valence-corrected chi connectivity index (χ3v) is 6.72. The maximum atomic E-state index is 9.02. The lowest BCUT2D eigenvalue weighted by Crippen LogP contribution is -2.33. The zero-order valence-electron chi connectivity index (χ0n) is 20.7. The van der Waals surface area contributed by atoms with Crippen LogP contribution in [0, 0.1) is 6.92 Å². The minimum absolute atomic E-state index is 0.0220. The number of piperidine rings is 1. The SMILES string of the molecule is Cc1cccc(-c2cnc(-c3ccncc3)nc2C2CCN(Cc3cccc(OCCO)c3)CC2)c1. The zero-order chi connectivity index (χ0) is 24.7. The summed E-state index contributed by atoms with van der Waals surface area (Å²) < 4.78 is 5.58. The van der Waals surface area contributed by atoms with Crippen molar-refractivity contribution in [1.82, 2.24) is 19.9 Å². The summed E-state index contributed by atoms with van der Waals surface area (Å²) in [5.41, 5.74) is 6.89. The Kier molecular flexibility index (Phi) is 7.64. The van der Waals surface area contributed by atoms with Crippen molar-refractivity contribution in [2.24, 2.45) is 0 Å². The van der Waals surface area contributed by atoms with E-state index in [1.807, 2.05) is 30.5 Å². The van der Waals surface area contributed by atoms with Gasteiger partial charge in [-0.25, -0.2) is 9.97 Å². The minimum Gasteiger partial charge on any atom is -0.491 e. The third-order valence-electron chi connectivity index (χ3n) is 6.72. The number of benzene rings is 2. The quantitative estimate of drug-likeness (QED) is 0.371. The van der Waals surface area contributed by atoms with Gasteiger partial charge in [0.15, 0.2) is 5.82 Å². The average molecular weight is 481 g/mol. The summed E-state index contributed by atoms with van der Waals surface area (Å²) in [5.74, 6) is 1.94. The van der Waals surface area contributed by atoms with E-state index in [4.69, 9.17) is 19.8 Å². The summed E-state index contributed by atoms with van der Waals surface area (Å²) in [6.07, 6.45) is 7.67. The van der Waals surface area contributed by atoms with Crippen LogP contribution in [0.5, 0.6) is 5.75 Å². The predicted octanol–water partition coefficient (Wildman–Crippen LogP) is 5.26. The van der Waals surface area contributed by atoms with Crippen LogP contribution in [-0.4, -0.2) is 51.3 Å². The lowest BCUT2D eigenvalue weighted by atomic mass is 9.88. The molecule has 1 saturated heterocycles. The van der Waals surface area contributed by atoms with Gasteiger partial charge in [-0.05, 0) is 68.2 Å². The Bertz CT molecular complexity index is 1290. The second-order valence-electron chi connectivity index (χ2n) is 9.37. The maximum Gasteiger partial charge on any atom is 0.159 e. The molecule has 1 fully saturated rings. The normalized spacial score (nSPS) is 14.6. The molecular weight excluding hydrogens is 448 g/mol. The van der Waals surface area contributed by atoms with E-state index >= 15 is 0 Å². The highest BCUT2D eigenvalue weighted by Crippen LogP contribution is 2.35. The second-order valence-corrected chi connectivity index (χ2v) is 9.37. The van der Waals surface area contributed by atoms with Crippen molar-refractivity contribution in [3.05, 3.63) is 96.1 Å². The van der Waals surface area contributed by atoms with Gasteiger partial charge in [-0.3, -0.25) is 9.88 Å². The van der Waals surface area contributed by atoms with E-state index in [9.17, 15) is 0 Å². The third kappa shape index (κ3) is 5.78. The van der Waals surface area contributed by atoms with Crippen LogP contribution >= 0.6 is 0 Å². The van der Waals surface area contributed by atoms with Crippen LogP contribution in [-0.2, 0) is 6.54 Å². The number of likely N-dealkylation sites (tertiary alicyclic amines) is 1. The standard InChI is InChI=1S/C30H32N4O2/c1-22-4-2-6-26(18-22)28-20-32-30(25-8-12-31-13-9-25)33-29(28)24-10-14-34(15-11-24)21-23-5-3-7-27(19-23)36-17-16-35/h2-9,12-13,18-20,24,35H,10-11,14-17,21H2,1H3. The van der Waals surface area contributed by atoms with E-state index in [-0.39, 0.29) is 6.61 Å². The Balaban J connectivity index is 1.35. The Morgan fingerprint density at radius 1 is 0.972 bits per heavy atom. The molecule has 0 spiro atoms. The molecule has 5 rings (SSSR count). The van der Waals surface area contributed by atoms with Crippen molar-refractivity contribution in [2.45, 2.75) is 32.2 Å². The number of ether oxygens (including phenoxy) is 1. The fourth-order valence-electron chi connectivity index (χ4n) is 4.90. The first kappa shape index (κ1) is 24.1. The summed E-state index contributed by atoms with van der Waals surface area (Å²) in [6, 6.07) is 20.7. The Morgan fingerprint density at radius 2 is 1.78 bits per heavy atom. The molecule has 2 aromatic carbocycles. The van der Waals surface area contributed by atoms with Gasteiger partial charge in [0.1, 0.15) is 12.4 Å². The molecule has 4 aromatic rings. The average Bonchev–Trinajstić information content (AvgIpc) is 2.93. The number of aliphatic hydroxyl groups excluding tert-OH is 1. The molecule has 1 aliphatic rings. The number of aliphatic hydroxyl groups is 1. The highest BCUT2D eigenvalue weighted by atomic mass is 16.5. The van der Waals surface area contributed by atoms with Gasteiger partial charge in [0, 0.05) is 42.2 Å². The monoisotopic (exact) mass is 480 g/mol.